The Bertz CT molecular complexity index is 258. The van der Waals surface area contributed by atoms with Gasteiger partial charge in [0.25, 0.3) is 0 Å². The van der Waals surface area contributed by atoms with Crippen LogP contribution in [0.3, 0.4) is 0 Å². The van der Waals surface area contributed by atoms with E-state index in [9.17, 15) is 0 Å². The van der Waals surface area contributed by atoms with E-state index in [-0.39, 0.29) is 0 Å². The molecule has 72 valence electrons. The minimum absolute atomic E-state index is 0.648. The van der Waals surface area contributed by atoms with E-state index >= 15 is 0 Å². The molecule has 1 aromatic carbocycles. The molecule has 0 atom stereocenters. The number of hydrogen-bond donors (Lipinski definition) is 1. The first-order chi connectivity index (χ1) is 6.24. The van der Waals surface area contributed by atoms with Crippen LogP contribution in [-0.4, -0.2) is 5.25 Å². The van der Waals surface area contributed by atoms with Crippen molar-refractivity contribution >= 4 is 11.8 Å². The summed E-state index contributed by atoms with van der Waals surface area (Å²) in [6.07, 6.45) is 0. The summed E-state index contributed by atoms with van der Waals surface area (Å²) in [6, 6.07) is 8.40. The first-order valence-corrected chi connectivity index (χ1v) is 5.67. The van der Waals surface area contributed by atoms with Gasteiger partial charge in [-0.15, -0.1) is 0 Å². The lowest BCUT2D eigenvalue weighted by atomic mass is 10.1. The van der Waals surface area contributed by atoms with Gasteiger partial charge in [-0.3, -0.25) is 0 Å². The third-order valence-electron chi connectivity index (χ3n) is 1.91. The van der Waals surface area contributed by atoms with Crippen molar-refractivity contribution in [3.05, 3.63) is 35.4 Å². The molecule has 0 aromatic heterocycles. The van der Waals surface area contributed by atoms with Crippen molar-refractivity contribution in [1.29, 1.82) is 0 Å². The lowest BCUT2D eigenvalue weighted by Crippen LogP contribution is -2.01. The molecule has 0 amide bonds. The lowest BCUT2D eigenvalue weighted by molar-refractivity contribution is 1.04. The second-order valence-electron chi connectivity index (χ2n) is 3.33. The van der Waals surface area contributed by atoms with Crippen LogP contribution in [0.4, 0.5) is 0 Å². The lowest BCUT2D eigenvalue weighted by Gasteiger charge is -2.08. The summed E-state index contributed by atoms with van der Waals surface area (Å²) >= 11 is 1.96. The van der Waals surface area contributed by atoms with E-state index in [0.717, 1.165) is 5.75 Å². The van der Waals surface area contributed by atoms with Gasteiger partial charge in [-0.2, -0.15) is 11.8 Å². The van der Waals surface area contributed by atoms with E-state index in [4.69, 9.17) is 5.73 Å². The molecule has 2 N–H and O–H groups in total. The molecular weight excluding hydrogens is 178 g/mol. The molecule has 0 saturated heterocycles. The van der Waals surface area contributed by atoms with Gasteiger partial charge in [0.05, 0.1) is 0 Å². The fraction of sp³-hybridized carbons (Fsp3) is 0.455. The van der Waals surface area contributed by atoms with Crippen molar-refractivity contribution in [2.24, 2.45) is 5.73 Å². The van der Waals surface area contributed by atoms with Gasteiger partial charge in [0.15, 0.2) is 0 Å². The van der Waals surface area contributed by atoms with Gasteiger partial charge < -0.3 is 5.73 Å². The zero-order chi connectivity index (χ0) is 9.68. The maximum atomic E-state index is 5.65. The molecule has 0 spiro atoms. The molecular formula is C11H17NS. The number of thioether (sulfide) groups is 1. The zero-order valence-corrected chi connectivity index (χ0v) is 9.10. The molecule has 0 radical (unpaired) electrons. The molecule has 0 fully saturated rings. The largest absolute Gasteiger partial charge is 0.326 e. The van der Waals surface area contributed by atoms with E-state index in [0.29, 0.717) is 11.8 Å². The maximum absolute atomic E-state index is 5.65. The Kier molecular flexibility index (Phi) is 4.33. The monoisotopic (exact) mass is 195 g/mol. The summed E-state index contributed by atoms with van der Waals surface area (Å²) in [5.74, 6) is 1.07. The molecule has 0 aliphatic carbocycles. The van der Waals surface area contributed by atoms with Crippen LogP contribution in [0.25, 0.3) is 0 Å². The highest BCUT2D eigenvalue weighted by Crippen LogP contribution is 2.19. The highest BCUT2D eigenvalue weighted by atomic mass is 32.2. The number of rotatable bonds is 4. The third kappa shape index (κ3) is 3.41. The first kappa shape index (κ1) is 10.6. The van der Waals surface area contributed by atoms with Gasteiger partial charge in [-0.25, -0.2) is 0 Å². The van der Waals surface area contributed by atoms with Crippen LogP contribution < -0.4 is 5.73 Å². The van der Waals surface area contributed by atoms with E-state index in [1.807, 2.05) is 17.8 Å². The van der Waals surface area contributed by atoms with Crippen LogP contribution in [0.5, 0.6) is 0 Å². The third-order valence-corrected chi connectivity index (χ3v) is 3.05. The molecule has 0 heterocycles. The molecule has 0 saturated carbocycles. The fourth-order valence-corrected chi connectivity index (χ4v) is 1.95. The van der Waals surface area contributed by atoms with Crippen molar-refractivity contribution in [2.75, 3.05) is 0 Å². The molecule has 2 heteroatoms. The summed E-state index contributed by atoms with van der Waals surface area (Å²) in [5, 5.41) is 0.686. The summed E-state index contributed by atoms with van der Waals surface area (Å²) in [4.78, 5) is 0. The number of hydrogen-bond acceptors (Lipinski definition) is 2. The van der Waals surface area contributed by atoms with E-state index < -0.39 is 0 Å². The van der Waals surface area contributed by atoms with Crippen LogP contribution >= 0.6 is 11.8 Å². The average Bonchev–Trinajstić information content (AvgIpc) is 2.15. The van der Waals surface area contributed by atoms with E-state index in [1.54, 1.807) is 0 Å². The Morgan fingerprint density at radius 3 is 2.38 bits per heavy atom. The Morgan fingerprint density at radius 2 is 1.85 bits per heavy atom. The number of nitrogens with two attached hydrogens (primary N) is 1. The van der Waals surface area contributed by atoms with Gasteiger partial charge in [-0.05, 0) is 16.4 Å². The Morgan fingerprint density at radius 1 is 1.23 bits per heavy atom. The van der Waals surface area contributed by atoms with Gasteiger partial charge >= 0.3 is 0 Å². The van der Waals surface area contributed by atoms with E-state index in [1.165, 1.54) is 11.1 Å². The molecule has 0 unspecified atom stereocenters. The smallest absolute Gasteiger partial charge is 0.0190 e. The van der Waals surface area contributed by atoms with Crippen molar-refractivity contribution < 1.29 is 0 Å². The normalized spacial score (nSPS) is 10.8. The van der Waals surface area contributed by atoms with Crippen molar-refractivity contribution in [2.45, 2.75) is 31.4 Å². The molecule has 0 aliphatic rings. The Labute approximate surface area is 84.7 Å². The standard InChI is InChI=1S/C11H17NS/c1-9(2)13-8-11-6-4-3-5-10(11)7-12/h3-6,9H,7-8,12H2,1-2H3. The van der Waals surface area contributed by atoms with Gasteiger partial charge in [-0.1, -0.05) is 38.1 Å². The topological polar surface area (TPSA) is 26.0 Å². The minimum atomic E-state index is 0.648. The zero-order valence-electron chi connectivity index (χ0n) is 8.29. The quantitative estimate of drug-likeness (QED) is 0.799. The van der Waals surface area contributed by atoms with Crippen LogP contribution in [0.2, 0.25) is 0 Å². The molecule has 0 aliphatic heterocycles. The predicted molar refractivity (Wildman–Crippen MR) is 60.8 cm³/mol. The number of benzene rings is 1. The molecule has 0 bridgehead atoms. The van der Waals surface area contributed by atoms with Gasteiger partial charge in [0.2, 0.25) is 0 Å². The fourth-order valence-electron chi connectivity index (χ4n) is 1.15. The second kappa shape index (κ2) is 5.30. The van der Waals surface area contributed by atoms with Crippen LogP contribution in [-0.2, 0) is 12.3 Å². The predicted octanol–water partition coefficient (Wildman–Crippen LogP) is 2.79. The highest BCUT2D eigenvalue weighted by Gasteiger charge is 2.01. The average molecular weight is 195 g/mol. The molecule has 1 aromatic rings. The van der Waals surface area contributed by atoms with Crippen LogP contribution in [0, 0.1) is 0 Å². The molecule has 1 nitrogen and oxygen atoms in total. The van der Waals surface area contributed by atoms with E-state index in [2.05, 4.69) is 32.0 Å². The Balaban J connectivity index is 2.64. The SMILES string of the molecule is CC(C)SCc1ccccc1CN. The summed E-state index contributed by atoms with van der Waals surface area (Å²) in [7, 11) is 0. The van der Waals surface area contributed by atoms with Gasteiger partial charge in [0, 0.05) is 12.3 Å². The molecule has 13 heavy (non-hydrogen) atoms. The highest BCUT2D eigenvalue weighted by molar-refractivity contribution is 7.99. The summed E-state index contributed by atoms with van der Waals surface area (Å²) in [5.41, 5.74) is 8.30. The van der Waals surface area contributed by atoms with Crippen molar-refractivity contribution in [3.8, 4) is 0 Å². The molecule has 1 rings (SSSR count). The van der Waals surface area contributed by atoms with Crippen LogP contribution in [0.15, 0.2) is 24.3 Å². The maximum Gasteiger partial charge on any atom is 0.0190 e. The minimum Gasteiger partial charge on any atom is -0.326 e. The second-order valence-corrected chi connectivity index (χ2v) is 4.90. The summed E-state index contributed by atoms with van der Waals surface area (Å²) in [6.45, 7) is 5.08. The first-order valence-electron chi connectivity index (χ1n) is 4.62. The van der Waals surface area contributed by atoms with Crippen molar-refractivity contribution in [1.82, 2.24) is 0 Å². The van der Waals surface area contributed by atoms with Gasteiger partial charge in [0.1, 0.15) is 0 Å². The van der Waals surface area contributed by atoms with Crippen molar-refractivity contribution in [3.63, 3.8) is 0 Å². The van der Waals surface area contributed by atoms with Crippen LogP contribution in [0.1, 0.15) is 25.0 Å². The Hall–Kier alpha value is -0.470. The summed E-state index contributed by atoms with van der Waals surface area (Å²) < 4.78 is 0.